The molecule has 0 unspecified atom stereocenters. The number of amides is 1. The summed E-state index contributed by atoms with van der Waals surface area (Å²) in [6.07, 6.45) is 0. The first-order valence-electron chi connectivity index (χ1n) is 6.56. The summed E-state index contributed by atoms with van der Waals surface area (Å²) in [6.45, 7) is 2.93. The first-order valence-corrected chi connectivity index (χ1v) is 6.56. The second-order valence-corrected chi connectivity index (χ2v) is 4.30. The van der Waals surface area contributed by atoms with E-state index < -0.39 is 0 Å². The zero-order chi connectivity index (χ0) is 15.7. The van der Waals surface area contributed by atoms with Gasteiger partial charge >= 0.3 is 0 Å². The average Bonchev–Trinajstić information content (AvgIpc) is 2.48. The SMILES string of the molecule is COc1ccc(CN=C(N)NCCNC(C)=O)cc1OC. The molecule has 1 aromatic rings. The molecule has 4 N–H and O–H groups in total. The van der Waals surface area contributed by atoms with Crippen molar-refractivity contribution in [3.8, 4) is 11.5 Å². The summed E-state index contributed by atoms with van der Waals surface area (Å²) < 4.78 is 10.4. The third kappa shape index (κ3) is 6.03. The van der Waals surface area contributed by atoms with Crippen LogP contribution in [0, 0.1) is 0 Å². The fourth-order valence-corrected chi connectivity index (χ4v) is 1.64. The maximum Gasteiger partial charge on any atom is 0.216 e. The molecule has 21 heavy (non-hydrogen) atoms. The summed E-state index contributed by atoms with van der Waals surface area (Å²) in [6, 6.07) is 5.58. The van der Waals surface area contributed by atoms with Gasteiger partial charge in [0.1, 0.15) is 0 Å². The van der Waals surface area contributed by atoms with Gasteiger partial charge in [0.05, 0.1) is 20.8 Å². The highest BCUT2D eigenvalue weighted by atomic mass is 16.5. The van der Waals surface area contributed by atoms with Crippen molar-refractivity contribution in [2.45, 2.75) is 13.5 Å². The summed E-state index contributed by atoms with van der Waals surface area (Å²) in [5.41, 5.74) is 6.69. The Balaban J connectivity index is 2.49. The van der Waals surface area contributed by atoms with Gasteiger partial charge in [0.15, 0.2) is 17.5 Å². The van der Waals surface area contributed by atoms with Gasteiger partial charge in [0, 0.05) is 20.0 Å². The van der Waals surface area contributed by atoms with E-state index in [1.807, 2.05) is 18.2 Å². The van der Waals surface area contributed by atoms with Gasteiger partial charge in [-0.3, -0.25) is 4.79 Å². The lowest BCUT2D eigenvalue weighted by atomic mass is 10.2. The molecule has 1 aromatic carbocycles. The van der Waals surface area contributed by atoms with Gasteiger partial charge in [-0.2, -0.15) is 0 Å². The van der Waals surface area contributed by atoms with Crippen molar-refractivity contribution in [1.82, 2.24) is 10.6 Å². The average molecular weight is 294 g/mol. The summed E-state index contributed by atoms with van der Waals surface area (Å²) in [5, 5.41) is 5.58. The quantitative estimate of drug-likeness (QED) is 0.380. The topological polar surface area (TPSA) is 98.0 Å². The molecule has 0 aromatic heterocycles. The second-order valence-electron chi connectivity index (χ2n) is 4.30. The van der Waals surface area contributed by atoms with Crippen LogP contribution in [-0.2, 0) is 11.3 Å². The van der Waals surface area contributed by atoms with Crippen molar-refractivity contribution < 1.29 is 14.3 Å². The predicted molar refractivity (Wildman–Crippen MR) is 81.6 cm³/mol. The van der Waals surface area contributed by atoms with E-state index in [1.54, 1.807) is 14.2 Å². The lowest BCUT2D eigenvalue weighted by Crippen LogP contribution is -2.37. The Kier molecular flexibility index (Phi) is 6.86. The van der Waals surface area contributed by atoms with Gasteiger partial charge in [-0.05, 0) is 17.7 Å². The van der Waals surface area contributed by atoms with Crippen LogP contribution in [0.3, 0.4) is 0 Å². The van der Waals surface area contributed by atoms with Crippen LogP contribution in [0.4, 0.5) is 0 Å². The van der Waals surface area contributed by atoms with Gasteiger partial charge in [0.25, 0.3) is 0 Å². The molecule has 0 aliphatic carbocycles. The maximum atomic E-state index is 10.7. The molecule has 0 atom stereocenters. The molecule has 0 bridgehead atoms. The Morgan fingerprint density at radius 1 is 1.19 bits per heavy atom. The Morgan fingerprint density at radius 3 is 2.48 bits per heavy atom. The number of nitrogens with zero attached hydrogens (tertiary/aromatic N) is 1. The Bertz CT molecular complexity index is 503. The number of aliphatic imine (C=N–C) groups is 1. The standard InChI is InChI=1S/C14H22N4O3/c1-10(19)16-6-7-17-14(15)18-9-11-4-5-12(20-2)13(8-11)21-3/h4-5,8H,6-7,9H2,1-3H3,(H,16,19)(H3,15,17,18). The molecule has 1 rings (SSSR count). The number of benzene rings is 1. The molecular formula is C14H22N4O3. The number of ether oxygens (including phenoxy) is 2. The van der Waals surface area contributed by atoms with Crippen LogP contribution >= 0.6 is 0 Å². The number of nitrogens with one attached hydrogen (secondary N) is 2. The highest BCUT2D eigenvalue weighted by molar-refractivity contribution is 5.78. The van der Waals surface area contributed by atoms with E-state index in [-0.39, 0.29) is 5.91 Å². The Morgan fingerprint density at radius 2 is 1.86 bits per heavy atom. The van der Waals surface area contributed by atoms with Gasteiger partial charge in [-0.25, -0.2) is 4.99 Å². The van der Waals surface area contributed by atoms with Gasteiger partial charge in [0.2, 0.25) is 5.91 Å². The van der Waals surface area contributed by atoms with Gasteiger partial charge in [-0.1, -0.05) is 6.07 Å². The molecule has 0 saturated heterocycles. The molecule has 0 saturated carbocycles. The molecule has 7 nitrogen and oxygen atoms in total. The molecule has 0 heterocycles. The number of nitrogens with two attached hydrogens (primary N) is 1. The molecule has 0 aliphatic heterocycles. The molecule has 0 spiro atoms. The highest BCUT2D eigenvalue weighted by Gasteiger charge is 2.04. The van der Waals surface area contributed by atoms with Crippen LogP contribution in [-0.4, -0.2) is 39.2 Å². The van der Waals surface area contributed by atoms with Gasteiger partial charge < -0.3 is 25.8 Å². The highest BCUT2D eigenvalue weighted by Crippen LogP contribution is 2.27. The van der Waals surface area contributed by atoms with E-state index in [1.165, 1.54) is 6.92 Å². The van der Waals surface area contributed by atoms with Crippen LogP contribution in [0.1, 0.15) is 12.5 Å². The molecule has 116 valence electrons. The molecule has 0 fully saturated rings. The minimum absolute atomic E-state index is 0.0716. The van der Waals surface area contributed by atoms with Gasteiger partial charge in [-0.15, -0.1) is 0 Å². The summed E-state index contributed by atoms with van der Waals surface area (Å²) >= 11 is 0. The van der Waals surface area contributed by atoms with E-state index >= 15 is 0 Å². The van der Waals surface area contributed by atoms with Crippen LogP contribution in [0.25, 0.3) is 0 Å². The van der Waals surface area contributed by atoms with E-state index in [0.717, 1.165) is 5.56 Å². The molecular weight excluding hydrogens is 272 g/mol. The monoisotopic (exact) mass is 294 g/mol. The fourth-order valence-electron chi connectivity index (χ4n) is 1.64. The zero-order valence-corrected chi connectivity index (χ0v) is 12.6. The minimum atomic E-state index is -0.0716. The van der Waals surface area contributed by atoms with Crippen molar-refractivity contribution in [3.05, 3.63) is 23.8 Å². The number of methoxy groups -OCH3 is 2. The van der Waals surface area contributed by atoms with Crippen LogP contribution in [0.5, 0.6) is 11.5 Å². The van der Waals surface area contributed by atoms with Crippen LogP contribution < -0.4 is 25.8 Å². The first-order chi connectivity index (χ1) is 10.1. The molecule has 0 radical (unpaired) electrons. The third-order valence-corrected chi connectivity index (χ3v) is 2.68. The Hall–Kier alpha value is -2.44. The number of guanidine groups is 1. The number of carbonyl (C=O) groups excluding carboxylic acids is 1. The lowest BCUT2D eigenvalue weighted by Gasteiger charge is -2.09. The third-order valence-electron chi connectivity index (χ3n) is 2.68. The molecule has 1 amide bonds. The smallest absolute Gasteiger partial charge is 0.216 e. The van der Waals surface area contributed by atoms with Crippen LogP contribution in [0.15, 0.2) is 23.2 Å². The minimum Gasteiger partial charge on any atom is -0.493 e. The number of rotatable bonds is 7. The maximum absolute atomic E-state index is 10.7. The van der Waals surface area contributed by atoms with E-state index in [2.05, 4.69) is 15.6 Å². The predicted octanol–water partition coefficient (Wildman–Crippen LogP) is 0.244. The van der Waals surface area contributed by atoms with Crippen molar-refractivity contribution >= 4 is 11.9 Å². The van der Waals surface area contributed by atoms with E-state index in [9.17, 15) is 4.79 Å². The second kappa shape index (κ2) is 8.68. The Labute approximate surface area is 124 Å². The van der Waals surface area contributed by atoms with Crippen molar-refractivity contribution in [2.24, 2.45) is 10.7 Å². The van der Waals surface area contributed by atoms with E-state index in [4.69, 9.17) is 15.2 Å². The van der Waals surface area contributed by atoms with Crippen molar-refractivity contribution in [2.75, 3.05) is 27.3 Å². The number of carbonyl (C=O) groups is 1. The number of hydrogen-bond acceptors (Lipinski definition) is 4. The summed E-state index contributed by atoms with van der Waals surface area (Å²) in [7, 11) is 3.18. The first kappa shape index (κ1) is 16.6. The lowest BCUT2D eigenvalue weighted by molar-refractivity contribution is -0.118. The zero-order valence-electron chi connectivity index (χ0n) is 12.6. The van der Waals surface area contributed by atoms with Crippen LogP contribution in [0.2, 0.25) is 0 Å². The molecule has 7 heteroatoms. The summed E-state index contributed by atoms with van der Waals surface area (Å²) in [4.78, 5) is 14.9. The normalized spacial score (nSPS) is 10.9. The fraction of sp³-hybridized carbons (Fsp3) is 0.429. The van der Waals surface area contributed by atoms with Crippen molar-refractivity contribution in [3.63, 3.8) is 0 Å². The van der Waals surface area contributed by atoms with Crippen molar-refractivity contribution in [1.29, 1.82) is 0 Å². The largest absolute Gasteiger partial charge is 0.493 e. The number of hydrogen-bond donors (Lipinski definition) is 3. The molecule has 0 aliphatic rings. The summed E-state index contributed by atoms with van der Waals surface area (Å²) in [5.74, 6) is 1.58. The van der Waals surface area contributed by atoms with E-state index in [0.29, 0.717) is 37.1 Å².